The van der Waals surface area contributed by atoms with E-state index in [-0.39, 0.29) is 6.42 Å². The highest BCUT2D eigenvalue weighted by molar-refractivity contribution is 6.05. The standard InChI is InChI=1S/C14H13N3O2/c15-12-9(4-3-7-16-12)8-14(19)10-5-1-2-6-11(10)17-13(14)18/h1-7,19H,8H2,(H2,15,16)(H,17,18). The number of hydrogen-bond acceptors (Lipinski definition) is 4. The first-order chi connectivity index (χ1) is 9.11. The molecule has 1 aromatic heterocycles. The Hall–Kier alpha value is -2.40. The second kappa shape index (κ2) is 4.07. The van der Waals surface area contributed by atoms with Crippen LogP contribution in [0.3, 0.4) is 0 Å². The van der Waals surface area contributed by atoms with Crippen molar-refractivity contribution in [1.29, 1.82) is 0 Å². The highest BCUT2D eigenvalue weighted by atomic mass is 16.3. The van der Waals surface area contributed by atoms with Crippen molar-refractivity contribution >= 4 is 17.4 Å². The molecule has 0 bridgehead atoms. The van der Waals surface area contributed by atoms with Crippen LogP contribution in [0.1, 0.15) is 11.1 Å². The minimum absolute atomic E-state index is 0.107. The summed E-state index contributed by atoms with van der Waals surface area (Å²) in [7, 11) is 0. The topological polar surface area (TPSA) is 88.2 Å². The van der Waals surface area contributed by atoms with Crippen LogP contribution in [0.4, 0.5) is 11.5 Å². The van der Waals surface area contributed by atoms with E-state index in [0.29, 0.717) is 22.6 Å². The van der Waals surface area contributed by atoms with E-state index in [1.54, 1.807) is 36.5 Å². The highest BCUT2D eigenvalue weighted by Crippen LogP contribution is 2.38. The first-order valence-corrected chi connectivity index (χ1v) is 5.94. The molecule has 1 atom stereocenters. The van der Waals surface area contributed by atoms with Gasteiger partial charge in [0.1, 0.15) is 5.82 Å². The van der Waals surface area contributed by atoms with Crippen molar-refractivity contribution in [3.8, 4) is 0 Å². The molecule has 5 heteroatoms. The Morgan fingerprint density at radius 2 is 2.05 bits per heavy atom. The van der Waals surface area contributed by atoms with Gasteiger partial charge in [-0.2, -0.15) is 0 Å². The van der Waals surface area contributed by atoms with Crippen LogP contribution in [0.2, 0.25) is 0 Å². The summed E-state index contributed by atoms with van der Waals surface area (Å²) in [6.07, 6.45) is 1.68. The average Bonchev–Trinajstić information content (AvgIpc) is 2.65. The Morgan fingerprint density at radius 1 is 1.26 bits per heavy atom. The van der Waals surface area contributed by atoms with Gasteiger partial charge < -0.3 is 16.2 Å². The number of rotatable bonds is 2. The minimum Gasteiger partial charge on any atom is -0.383 e. The number of pyridine rings is 1. The molecule has 0 saturated heterocycles. The highest BCUT2D eigenvalue weighted by Gasteiger charge is 2.45. The number of fused-ring (bicyclic) bond motifs is 1. The minimum atomic E-state index is -1.59. The summed E-state index contributed by atoms with van der Waals surface area (Å²) in [5, 5.41) is 13.4. The summed E-state index contributed by atoms with van der Waals surface area (Å²) in [6, 6.07) is 10.6. The summed E-state index contributed by atoms with van der Waals surface area (Å²) >= 11 is 0. The number of nitrogens with two attached hydrogens (primary N) is 1. The summed E-state index contributed by atoms with van der Waals surface area (Å²) < 4.78 is 0. The molecule has 0 aliphatic carbocycles. The Kier molecular flexibility index (Phi) is 2.50. The molecule has 96 valence electrons. The fourth-order valence-corrected chi connectivity index (χ4v) is 2.35. The van der Waals surface area contributed by atoms with E-state index in [0.717, 1.165) is 0 Å². The normalized spacial score (nSPS) is 21.0. The number of benzene rings is 1. The number of nitrogens with zero attached hydrogens (tertiary/aromatic N) is 1. The third kappa shape index (κ3) is 1.75. The largest absolute Gasteiger partial charge is 0.383 e. The van der Waals surface area contributed by atoms with E-state index < -0.39 is 11.5 Å². The van der Waals surface area contributed by atoms with Crippen molar-refractivity contribution in [1.82, 2.24) is 4.98 Å². The molecule has 19 heavy (non-hydrogen) atoms. The Balaban J connectivity index is 2.04. The zero-order valence-electron chi connectivity index (χ0n) is 10.1. The van der Waals surface area contributed by atoms with Crippen LogP contribution in [0, 0.1) is 0 Å². The molecule has 1 aliphatic rings. The van der Waals surface area contributed by atoms with E-state index in [1.807, 2.05) is 6.07 Å². The number of nitrogens with one attached hydrogen (secondary N) is 1. The van der Waals surface area contributed by atoms with Gasteiger partial charge >= 0.3 is 0 Å². The average molecular weight is 255 g/mol. The van der Waals surface area contributed by atoms with Gasteiger partial charge in [-0.05, 0) is 17.7 Å². The molecule has 1 unspecified atom stereocenters. The van der Waals surface area contributed by atoms with Gasteiger partial charge in [-0.1, -0.05) is 24.3 Å². The number of amides is 1. The molecular formula is C14H13N3O2. The first-order valence-electron chi connectivity index (χ1n) is 5.94. The molecule has 2 heterocycles. The van der Waals surface area contributed by atoms with Gasteiger partial charge in [-0.15, -0.1) is 0 Å². The summed E-state index contributed by atoms with van der Waals surface area (Å²) in [6.45, 7) is 0. The zero-order valence-corrected chi connectivity index (χ0v) is 10.1. The van der Waals surface area contributed by atoms with Crippen molar-refractivity contribution in [3.63, 3.8) is 0 Å². The number of aromatic nitrogens is 1. The van der Waals surface area contributed by atoms with Gasteiger partial charge in [0.05, 0.1) is 0 Å². The maximum Gasteiger partial charge on any atom is 0.261 e. The van der Waals surface area contributed by atoms with Crippen LogP contribution in [0.5, 0.6) is 0 Å². The van der Waals surface area contributed by atoms with Crippen LogP contribution in [-0.4, -0.2) is 16.0 Å². The van der Waals surface area contributed by atoms with E-state index in [9.17, 15) is 9.90 Å². The molecule has 2 aromatic rings. The van der Waals surface area contributed by atoms with Gasteiger partial charge in [0, 0.05) is 23.9 Å². The number of anilines is 2. The van der Waals surface area contributed by atoms with E-state index >= 15 is 0 Å². The molecule has 0 saturated carbocycles. The van der Waals surface area contributed by atoms with Gasteiger partial charge in [0.2, 0.25) is 0 Å². The molecule has 1 aliphatic heterocycles. The summed E-state index contributed by atoms with van der Waals surface area (Å²) in [5.41, 5.74) is 6.04. The van der Waals surface area contributed by atoms with Crippen LogP contribution >= 0.6 is 0 Å². The lowest BCUT2D eigenvalue weighted by Gasteiger charge is -2.21. The first kappa shape index (κ1) is 11.7. The SMILES string of the molecule is Nc1ncccc1CC1(O)C(=O)Nc2ccccc21. The Bertz CT molecular complexity index is 657. The lowest BCUT2D eigenvalue weighted by atomic mass is 9.88. The zero-order chi connectivity index (χ0) is 13.5. The predicted molar refractivity (Wildman–Crippen MR) is 71.3 cm³/mol. The number of para-hydroxylation sites is 1. The van der Waals surface area contributed by atoms with Crippen LogP contribution in [0.15, 0.2) is 42.6 Å². The van der Waals surface area contributed by atoms with Crippen molar-refractivity contribution in [2.45, 2.75) is 12.0 Å². The summed E-state index contributed by atoms with van der Waals surface area (Å²) in [4.78, 5) is 16.0. The molecule has 5 nitrogen and oxygen atoms in total. The van der Waals surface area contributed by atoms with Gasteiger partial charge in [-0.3, -0.25) is 4.79 Å². The van der Waals surface area contributed by atoms with Crippen molar-refractivity contribution in [3.05, 3.63) is 53.7 Å². The van der Waals surface area contributed by atoms with Gasteiger partial charge in [0.15, 0.2) is 5.60 Å². The molecule has 0 fully saturated rings. The van der Waals surface area contributed by atoms with Crippen LogP contribution in [-0.2, 0) is 16.8 Å². The van der Waals surface area contributed by atoms with E-state index in [2.05, 4.69) is 10.3 Å². The Labute approximate surface area is 110 Å². The second-order valence-electron chi connectivity index (χ2n) is 4.58. The van der Waals surface area contributed by atoms with E-state index in [4.69, 9.17) is 5.73 Å². The molecule has 1 amide bonds. The van der Waals surface area contributed by atoms with Crippen molar-refractivity contribution < 1.29 is 9.90 Å². The molecule has 0 radical (unpaired) electrons. The fourth-order valence-electron chi connectivity index (χ4n) is 2.35. The monoisotopic (exact) mass is 255 g/mol. The maximum absolute atomic E-state index is 12.0. The van der Waals surface area contributed by atoms with E-state index in [1.165, 1.54) is 0 Å². The number of aliphatic hydroxyl groups is 1. The quantitative estimate of drug-likeness (QED) is 0.748. The Morgan fingerprint density at radius 3 is 2.84 bits per heavy atom. The lowest BCUT2D eigenvalue weighted by molar-refractivity contribution is -0.133. The predicted octanol–water partition coefficient (Wildman–Crippen LogP) is 1.05. The molecule has 1 aromatic carbocycles. The van der Waals surface area contributed by atoms with Crippen molar-refractivity contribution in [2.24, 2.45) is 0 Å². The smallest absolute Gasteiger partial charge is 0.261 e. The molecule has 3 rings (SSSR count). The van der Waals surface area contributed by atoms with Gasteiger partial charge in [0.25, 0.3) is 5.91 Å². The maximum atomic E-state index is 12.0. The number of carbonyl (C=O) groups is 1. The fraction of sp³-hybridized carbons (Fsp3) is 0.143. The van der Waals surface area contributed by atoms with Gasteiger partial charge in [-0.25, -0.2) is 4.98 Å². The molecule has 0 spiro atoms. The number of nitrogen functional groups attached to an aromatic ring is 1. The molecular weight excluding hydrogens is 242 g/mol. The summed E-state index contributed by atoms with van der Waals surface area (Å²) in [5.74, 6) is -0.106. The number of carbonyl (C=O) groups excluding carboxylic acids is 1. The van der Waals surface area contributed by atoms with Crippen LogP contribution in [0.25, 0.3) is 0 Å². The second-order valence-corrected chi connectivity index (χ2v) is 4.58. The van der Waals surface area contributed by atoms with Crippen LogP contribution < -0.4 is 11.1 Å². The third-order valence-electron chi connectivity index (χ3n) is 3.37. The molecule has 4 N–H and O–H groups in total. The lowest BCUT2D eigenvalue weighted by Crippen LogP contribution is -2.36. The third-order valence-corrected chi connectivity index (χ3v) is 3.37. The number of hydrogen-bond donors (Lipinski definition) is 3. The van der Waals surface area contributed by atoms with Crippen molar-refractivity contribution in [2.75, 3.05) is 11.1 Å².